The SMILES string of the molecule is COc1ccc(C2CC(N)CN2C)cc1O. The summed E-state index contributed by atoms with van der Waals surface area (Å²) in [6, 6.07) is 6.06. The van der Waals surface area contributed by atoms with E-state index in [1.807, 2.05) is 6.07 Å². The van der Waals surface area contributed by atoms with Gasteiger partial charge in [0, 0.05) is 18.6 Å². The first-order valence-electron chi connectivity index (χ1n) is 5.44. The molecule has 0 amide bonds. The molecule has 0 aromatic heterocycles. The highest BCUT2D eigenvalue weighted by Gasteiger charge is 2.28. The molecule has 1 aromatic carbocycles. The zero-order valence-corrected chi connectivity index (χ0v) is 9.68. The van der Waals surface area contributed by atoms with Crippen LogP contribution in [0.25, 0.3) is 0 Å². The molecule has 0 bridgehead atoms. The lowest BCUT2D eigenvalue weighted by Gasteiger charge is -2.20. The van der Waals surface area contributed by atoms with Gasteiger partial charge in [0.25, 0.3) is 0 Å². The summed E-state index contributed by atoms with van der Waals surface area (Å²) in [6.07, 6.45) is 0.933. The van der Waals surface area contributed by atoms with E-state index in [2.05, 4.69) is 11.9 Å². The smallest absolute Gasteiger partial charge is 0.160 e. The predicted molar refractivity (Wildman–Crippen MR) is 62.6 cm³/mol. The molecule has 88 valence electrons. The van der Waals surface area contributed by atoms with Crippen molar-refractivity contribution >= 4 is 0 Å². The first-order chi connectivity index (χ1) is 7.61. The molecule has 0 spiro atoms. The zero-order chi connectivity index (χ0) is 11.7. The lowest BCUT2D eigenvalue weighted by Crippen LogP contribution is -2.24. The van der Waals surface area contributed by atoms with Gasteiger partial charge >= 0.3 is 0 Å². The van der Waals surface area contributed by atoms with Gasteiger partial charge in [0.05, 0.1) is 7.11 Å². The average molecular weight is 222 g/mol. The van der Waals surface area contributed by atoms with Crippen molar-refractivity contribution in [1.82, 2.24) is 4.90 Å². The van der Waals surface area contributed by atoms with Crippen molar-refractivity contribution in [3.05, 3.63) is 23.8 Å². The number of benzene rings is 1. The van der Waals surface area contributed by atoms with Gasteiger partial charge in [-0.15, -0.1) is 0 Å². The molecule has 1 saturated heterocycles. The number of methoxy groups -OCH3 is 1. The lowest BCUT2D eigenvalue weighted by molar-refractivity contribution is 0.314. The Balaban J connectivity index is 2.24. The Morgan fingerprint density at radius 3 is 2.75 bits per heavy atom. The normalized spacial score (nSPS) is 25.9. The zero-order valence-electron chi connectivity index (χ0n) is 9.68. The summed E-state index contributed by atoms with van der Waals surface area (Å²) >= 11 is 0. The van der Waals surface area contributed by atoms with Crippen molar-refractivity contribution < 1.29 is 9.84 Å². The molecule has 4 nitrogen and oxygen atoms in total. The highest BCUT2D eigenvalue weighted by Crippen LogP contribution is 2.34. The van der Waals surface area contributed by atoms with Gasteiger partial charge in [-0.1, -0.05) is 6.07 Å². The fraction of sp³-hybridized carbons (Fsp3) is 0.500. The van der Waals surface area contributed by atoms with Crippen LogP contribution in [0.4, 0.5) is 0 Å². The van der Waals surface area contributed by atoms with Gasteiger partial charge in [-0.3, -0.25) is 4.90 Å². The second kappa shape index (κ2) is 4.31. The first kappa shape index (κ1) is 11.2. The number of nitrogens with two attached hydrogens (primary N) is 1. The molecular weight excluding hydrogens is 204 g/mol. The monoisotopic (exact) mass is 222 g/mol. The van der Waals surface area contributed by atoms with E-state index >= 15 is 0 Å². The van der Waals surface area contributed by atoms with E-state index in [1.165, 1.54) is 0 Å². The number of nitrogens with zero attached hydrogens (tertiary/aromatic N) is 1. The molecule has 0 radical (unpaired) electrons. The Hall–Kier alpha value is -1.26. The van der Waals surface area contributed by atoms with Gasteiger partial charge < -0.3 is 15.6 Å². The van der Waals surface area contributed by atoms with E-state index in [0.717, 1.165) is 18.5 Å². The number of likely N-dealkylation sites (N-methyl/N-ethyl adjacent to an activating group) is 1. The van der Waals surface area contributed by atoms with Crippen LogP contribution in [0.2, 0.25) is 0 Å². The summed E-state index contributed by atoms with van der Waals surface area (Å²) in [5.41, 5.74) is 7.01. The van der Waals surface area contributed by atoms with Gasteiger partial charge in [0.1, 0.15) is 0 Å². The van der Waals surface area contributed by atoms with Gasteiger partial charge in [-0.2, -0.15) is 0 Å². The van der Waals surface area contributed by atoms with Gasteiger partial charge in [-0.25, -0.2) is 0 Å². The quantitative estimate of drug-likeness (QED) is 0.787. The Morgan fingerprint density at radius 1 is 1.50 bits per heavy atom. The van der Waals surface area contributed by atoms with Crippen molar-refractivity contribution in [2.24, 2.45) is 5.73 Å². The van der Waals surface area contributed by atoms with Crippen LogP contribution in [0.1, 0.15) is 18.0 Å². The highest BCUT2D eigenvalue weighted by molar-refractivity contribution is 5.42. The Morgan fingerprint density at radius 2 is 2.25 bits per heavy atom. The van der Waals surface area contributed by atoms with Crippen LogP contribution in [-0.4, -0.2) is 36.8 Å². The number of aromatic hydroxyl groups is 1. The Labute approximate surface area is 95.6 Å². The molecule has 3 N–H and O–H groups in total. The minimum atomic E-state index is 0.189. The maximum absolute atomic E-state index is 9.73. The second-order valence-corrected chi connectivity index (χ2v) is 4.38. The minimum absolute atomic E-state index is 0.189. The van der Waals surface area contributed by atoms with E-state index in [1.54, 1.807) is 19.2 Å². The molecule has 0 aliphatic carbocycles. The van der Waals surface area contributed by atoms with E-state index in [9.17, 15) is 5.11 Å². The molecule has 1 fully saturated rings. The molecule has 1 aliphatic rings. The van der Waals surface area contributed by atoms with Crippen LogP contribution in [0.5, 0.6) is 11.5 Å². The molecule has 2 atom stereocenters. The van der Waals surface area contributed by atoms with E-state index < -0.39 is 0 Å². The number of rotatable bonds is 2. The average Bonchev–Trinajstić information content (AvgIpc) is 2.58. The number of phenols is 1. The van der Waals surface area contributed by atoms with Gasteiger partial charge in [0.2, 0.25) is 0 Å². The number of hydrogen-bond acceptors (Lipinski definition) is 4. The fourth-order valence-electron chi connectivity index (χ4n) is 2.34. The number of phenolic OH excluding ortho intramolecular Hbond substituents is 1. The number of likely N-dealkylation sites (tertiary alicyclic amines) is 1. The van der Waals surface area contributed by atoms with Crippen LogP contribution >= 0.6 is 0 Å². The van der Waals surface area contributed by atoms with Crippen molar-refractivity contribution in [2.45, 2.75) is 18.5 Å². The van der Waals surface area contributed by atoms with Gasteiger partial charge in [0.15, 0.2) is 11.5 Å². The van der Waals surface area contributed by atoms with Gasteiger partial charge in [-0.05, 0) is 31.2 Å². The highest BCUT2D eigenvalue weighted by atomic mass is 16.5. The topological polar surface area (TPSA) is 58.7 Å². The standard InChI is InChI=1S/C12H18N2O2/c1-14-7-9(13)6-10(14)8-3-4-12(16-2)11(15)5-8/h3-5,9-10,15H,6-7,13H2,1-2H3. The summed E-state index contributed by atoms with van der Waals surface area (Å²) in [5, 5.41) is 9.73. The van der Waals surface area contributed by atoms with Crippen LogP contribution in [0.3, 0.4) is 0 Å². The van der Waals surface area contributed by atoms with Crippen molar-refractivity contribution in [3.63, 3.8) is 0 Å². The second-order valence-electron chi connectivity index (χ2n) is 4.38. The minimum Gasteiger partial charge on any atom is -0.504 e. The molecular formula is C12H18N2O2. The van der Waals surface area contributed by atoms with E-state index in [4.69, 9.17) is 10.5 Å². The molecule has 1 heterocycles. The Kier molecular flexibility index (Phi) is 3.03. The fourth-order valence-corrected chi connectivity index (χ4v) is 2.34. The maximum atomic E-state index is 9.73. The van der Waals surface area contributed by atoms with Crippen LogP contribution in [-0.2, 0) is 0 Å². The Bertz CT molecular complexity index is 381. The summed E-state index contributed by atoms with van der Waals surface area (Å²) in [7, 11) is 3.60. The van der Waals surface area contributed by atoms with Crippen molar-refractivity contribution in [1.29, 1.82) is 0 Å². The molecule has 4 heteroatoms. The maximum Gasteiger partial charge on any atom is 0.160 e. The van der Waals surface area contributed by atoms with Crippen LogP contribution in [0, 0.1) is 0 Å². The third kappa shape index (κ3) is 1.99. The third-order valence-corrected chi connectivity index (χ3v) is 3.17. The predicted octanol–water partition coefficient (Wildman–Crippen LogP) is 1.10. The first-order valence-corrected chi connectivity index (χ1v) is 5.44. The molecule has 0 saturated carbocycles. The molecule has 2 unspecified atom stereocenters. The largest absolute Gasteiger partial charge is 0.504 e. The molecule has 2 rings (SSSR count). The summed E-state index contributed by atoms with van der Waals surface area (Å²) < 4.78 is 5.02. The van der Waals surface area contributed by atoms with Crippen LogP contribution in [0.15, 0.2) is 18.2 Å². The summed E-state index contributed by atoms with van der Waals surface area (Å²) in [6.45, 7) is 0.900. The van der Waals surface area contributed by atoms with Crippen molar-refractivity contribution in [2.75, 3.05) is 20.7 Å². The number of ether oxygens (including phenoxy) is 1. The summed E-state index contributed by atoms with van der Waals surface area (Å²) in [5.74, 6) is 0.697. The molecule has 16 heavy (non-hydrogen) atoms. The van der Waals surface area contributed by atoms with Crippen molar-refractivity contribution in [3.8, 4) is 11.5 Å². The molecule has 1 aliphatic heterocycles. The van der Waals surface area contributed by atoms with Crippen LogP contribution < -0.4 is 10.5 Å². The van der Waals surface area contributed by atoms with E-state index in [0.29, 0.717) is 11.8 Å². The third-order valence-electron chi connectivity index (χ3n) is 3.17. The number of hydrogen-bond donors (Lipinski definition) is 2. The molecule has 1 aromatic rings. The lowest BCUT2D eigenvalue weighted by atomic mass is 10.0. The summed E-state index contributed by atoms with van der Waals surface area (Å²) in [4.78, 5) is 2.21. The van der Waals surface area contributed by atoms with E-state index in [-0.39, 0.29) is 11.8 Å².